The van der Waals surface area contributed by atoms with E-state index in [9.17, 15) is 8.42 Å². The first kappa shape index (κ1) is 15.1. The largest absolute Gasteiger partial charge is 0.395 e. The zero-order valence-corrected chi connectivity index (χ0v) is 11.6. The second-order valence-corrected chi connectivity index (χ2v) is 6.00. The molecule has 18 heavy (non-hydrogen) atoms. The Hall–Kier alpha value is -0.950. The van der Waals surface area contributed by atoms with Crippen molar-refractivity contribution < 1.29 is 13.5 Å². The van der Waals surface area contributed by atoms with Crippen LogP contribution in [-0.4, -0.2) is 48.9 Å². The first-order chi connectivity index (χ1) is 8.52. The van der Waals surface area contributed by atoms with Gasteiger partial charge in [-0.1, -0.05) is 37.3 Å². The highest BCUT2D eigenvalue weighted by molar-refractivity contribution is 7.86. The van der Waals surface area contributed by atoms with Gasteiger partial charge in [0.25, 0.3) is 10.2 Å². The number of likely N-dealkylation sites (N-methyl/N-ethyl adjacent to an activating group) is 1. The maximum atomic E-state index is 12.2. The van der Waals surface area contributed by atoms with Gasteiger partial charge >= 0.3 is 0 Å². The molecule has 0 radical (unpaired) electrons. The first-order valence-corrected chi connectivity index (χ1v) is 7.28. The fourth-order valence-corrected chi connectivity index (χ4v) is 3.01. The number of benzene rings is 1. The Morgan fingerprint density at radius 3 is 2.33 bits per heavy atom. The van der Waals surface area contributed by atoms with E-state index in [4.69, 9.17) is 5.11 Å². The Bertz CT molecular complexity index is 448. The van der Waals surface area contributed by atoms with E-state index in [0.29, 0.717) is 13.1 Å². The van der Waals surface area contributed by atoms with Crippen LogP contribution in [0.5, 0.6) is 0 Å². The summed E-state index contributed by atoms with van der Waals surface area (Å²) in [5.41, 5.74) is 0.934. The SMILES string of the molecule is CCN(CCO)S(=O)(=O)N(C)Cc1ccccc1. The minimum absolute atomic E-state index is 0.123. The summed E-state index contributed by atoms with van der Waals surface area (Å²) in [7, 11) is -1.96. The molecule has 0 spiro atoms. The van der Waals surface area contributed by atoms with Crippen molar-refractivity contribution in [2.24, 2.45) is 0 Å². The molecule has 0 aliphatic rings. The van der Waals surface area contributed by atoms with Crippen LogP contribution in [0.15, 0.2) is 30.3 Å². The fraction of sp³-hybridized carbons (Fsp3) is 0.500. The van der Waals surface area contributed by atoms with Crippen LogP contribution in [-0.2, 0) is 16.8 Å². The van der Waals surface area contributed by atoms with Gasteiger partial charge < -0.3 is 5.11 Å². The topological polar surface area (TPSA) is 60.9 Å². The quantitative estimate of drug-likeness (QED) is 0.794. The van der Waals surface area contributed by atoms with E-state index in [1.165, 1.54) is 8.61 Å². The molecule has 0 saturated heterocycles. The van der Waals surface area contributed by atoms with Gasteiger partial charge in [-0.2, -0.15) is 17.0 Å². The van der Waals surface area contributed by atoms with Crippen LogP contribution >= 0.6 is 0 Å². The first-order valence-electron chi connectivity index (χ1n) is 5.88. The van der Waals surface area contributed by atoms with E-state index < -0.39 is 10.2 Å². The highest BCUT2D eigenvalue weighted by atomic mass is 32.2. The van der Waals surface area contributed by atoms with Gasteiger partial charge in [-0.3, -0.25) is 0 Å². The molecule has 0 heterocycles. The molecule has 0 fully saturated rings. The highest BCUT2D eigenvalue weighted by Crippen LogP contribution is 2.10. The molecule has 102 valence electrons. The van der Waals surface area contributed by atoms with Crippen molar-refractivity contribution in [3.8, 4) is 0 Å². The van der Waals surface area contributed by atoms with Crippen molar-refractivity contribution >= 4 is 10.2 Å². The molecule has 0 unspecified atom stereocenters. The molecule has 0 aromatic heterocycles. The standard InChI is InChI=1S/C12H20N2O3S/c1-3-14(9-10-15)18(16,17)13(2)11-12-7-5-4-6-8-12/h4-8,15H,3,9-11H2,1-2H3. The van der Waals surface area contributed by atoms with Gasteiger partial charge in [-0.25, -0.2) is 0 Å². The summed E-state index contributed by atoms with van der Waals surface area (Å²) in [6.07, 6.45) is 0. The number of aliphatic hydroxyl groups is 1. The summed E-state index contributed by atoms with van der Waals surface area (Å²) in [6.45, 7) is 2.38. The minimum Gasteiger partial charge on any atom is -0.395 e. The van der Waals surface area contributed by atoms with Gasteiger partial charge in [0.15, 0.2) is 0 Å². The molecule has 0 saturated carbocycles. The molecule has 0 atom stereocenters. The van der Waals surface area contributed by atoms with Gasteiger partial charge in [-0.05, 0) is 5.56 Å². The van der Waals surface area contributed by atoms with Crippen molar-refractivity contribution in [2.75, 3.05) is 26.7 Å². The Morgan fingerprint density at radius 1 is 1.22 bits per heavy atom. The van der Waals surface area contributed by atoms with Gasteiger partial charge in [0.05, 0.1) is 6.61 Å². The van der Waals surface area contributed by atoms with E-state index in [-0.39, 0.29) is 13.2 Å². The summed E-state index contributed by atoms with van der Waals surface area (Å²) < 4.78 is 26.9. The molecule has 6 heteroatoms. The maximum absolute atomic E-state index is 12.2. The van der Waals surface area contributed by atoms with E-state index in [1.807, 2.05) is 30.3 Å². The third-order valence-electron chi connectivity index (χ3n) is 2.67. The van der Waals surface area contributed by atoms with Crippen LogP contribution in [0.4, 0.5) is 0 Å². The lowest BCUT2D eigenvalue weighted by molar-refractivity contribution is 0.249. The molecular weight excluding hydrogens is 252 g/mol. The summed E-state index contributed by atoms with van der Waals surface area (Å²) >= 11 is 0. The number of aliphatic hydroxyl groups excluding tert-OH is 1. The summed E-state index contributed by atoms with van der Waals surface area (Å²) in [5, 5.41) is 8.88. The molecule has 0 aliphatic carbocycles. The average molecular weight is 272 g/mol. The maximum Gasteiger partial charge on any atom is 0.282 e. The van der Waals surface area contributed by atoms with Crippen LogP contribution in [0.3, 0.4) is 0 Å². The van der Waals surface area contributed by atoms with Crippen LogP contribution in [0, 0.1) is 0 Å². The molecule has 1 N–H and O–H groups in total. The van der Waals surface area contributed by atoms with Crippen molar-refractivity contribution in [2.45, 2.75) is 13.5 Å². The van der Waals surface area contributed by atoms with Crippen molar-refractivity contribution in [1.29, 1.82) is 0 Å². The van der Waals surface area contributed by atoms with Crippen LogP contribution in [0.25, 0.3) is 0 Å². The van der Waals surface area contributed by atoms with Crippen LogP contribution in [0.1, 0.15) is 12.5 Å². The number of nitrogens with zero attached hydrogens (tertiary/aromatic N) is 2. The average Bonchev–Trinajstić information content (AvgIpc) is 2.36. The molecule has 1 aromatic carbocycles. The molecule has 1 rings (SSSR count). The van der Waals surface area contributed by atoms with Crippen LogP contribution in [0.2, 0.25) is 0 Å². The van der Waals surface area contributed by atoms with E-state index in [1.54, 1.807) is 14.0 Å². The number of hydrogen-bond donors (Lipinski definition) is 1. The Kier molecular flexibility index (Phi) is 5.74. The van der Waals surface area contributed by atoms with Gasteiger partial charge in [-0.15, -0.1) is 0 Å². The summed E-state index contributed by atoms with van der Waals surface area (Å²) in [4.78, 5) is 0. The summed E-state index contributed by atoms with van der Waals surface area (Å²) in [6, 6.07) is 9.41. The van der Waals surface area contributed by atoms with Gasteiger partial charge in [0.1, 0.15) is 0 Å². The van der Waals surface area contributed by atoms with Gasteiger partial charge in [0, 0.05) is 26.7 Å². The van der Waals surface area contributed by atoms with E-state index >= 15 is 0 Å². The third-order valence-corrected chi connectivity index (χ3v) is 4.68. The molecule has 0 amide bonds. The Labute approximate surface area is 109 Å². The molecule has 1 aromatic rings. The lowest BCUT2D eigenvalue weighted by atomic mass is 10.2. The van der Waals surface area contributed by atoms with Crippen molar-refractivity contribution in [3.63, 3.8) is 0 Å². The normalized spacial score (nSPS) is 12.3. The fourth-order valence-electron chi connectivity index (χ4n) is 1.67. The zero-order chi connectivity index (χ0) is 13.6. The minimum atomic E-state index is -3.50. The lowest BCUT2D eigenvalue weighted by Gasteiger charge is -2.26. The predicted octanol–water partition coefficient (Wildman–Crippen LogP) is 0.677. The Balaban J connectivity index is 2.78. The number of hydrogen-bond acceptors (Lipinski definition) is 3. The van der Waals surface area contributed by atoms with Crippen LogP contribution < -0.4 is 0 Å². The monoisotopic (exact) mass is 272 g/mol. The molecule has 5 nitrogen and oxygen atoms in total. The molecule has 0 bridgehead atoms. The van der Waals surface area contributed by atoms with E-state index in [0.717, 1.165) is 5.56 Å². The highest BCUT2D eigenvalue weighted by Gasteiger charge is 2.25. The second-order valence-electron chi connectivity index (χ2n) is 3.96. The Morgan fingerprint density at radius 2 is 1.83 bits per heavy atom. The lowest BCUT2D eigenvalue weighted by Crippen LogP contribution is -2.42. The predicted molar refractivity (Wildman–Crippen MR) is 71.2 cm³/mol. The van der Waals surface area contributed by atoms with Crippen molar-refractivity contribution in [3.05, 3.63) is 35.9 Å². The van der Waals surface area contributed by atoms with E-state index in [2.05, 4.69) is 0 Å². The smallest absolute Gasteiger partial charge is 0.282 e. The summed E-state index contributed by atoms with van der Waals surface area (Å²) in [5.74, 6) is 0. The zero-order valence-electron chi connectivity index (χ0n) is 10.8. The molecule has 0 aliphatic heterocycles. The third kappa shape index (κ3) is 3.78. The molecular formula is C12H20N2O3S. The van der Waals surface area contributed by atoms with Crippen molar-refractivity contribution in [1.82, 2.24) is 8.61 Å². The number of rotatable bonds is 7. The van der Waals surface area contributed by atoms with Gasteiger partial charge in [0.2, 0.25) is 0 Å². The second kappa shape index (κ2) is 6.84.